The van der Waals surface area contributed by atoms with E-state index in [0.29, 0.717) is 18.2 Å². The zero-order chi connectivity index (χ0) is 16.4. The molecule has 8 nitrogen and oxygen atoms in total. The predicted molar refractivity (Wildman–Crippen MR) is 84.9 cm³/mol. The molecule has 1 N–H and O–H groups in total. The van der Waals surface area contributed by atoms with Crippen molar-refractivity contribution in [3.63, 3.8) is 0 Å². The maximum Gasteiger partial charge on any atom is 0.343 e. The Morgan fingerprint density at radius 1 is 1.35 bits per heavy atom. The summed E-state index contributed by atoms with van der Waals surface area (Å²) in [5.41, 5.74) is 0.662. The Kier molecular flexibility index (Phi) is 3.89. The number of hydrogen-bond donors (Lipinski definition) is 1. The van der Waals surface area contributed by atoms with Crippen LogP contribution in [-0.4, -0.2) is 39.3 Å². The van der Waals surface area contributed by atoms with Gasteiger partial charge in [-0.2, -0.15) is 0 Å². The molecule has 122 valence electrons. The highest BCUT2D eigenvalue weighted by Crippen LogP contribution is 2.24. The van der Waals surface area contributed by atoms with Crippen molar-refractivity contribution in [2.24, 2.45) is 0 Å². The number of hydrogen-bond acceptors (Lipinski definition) is 6. The van der Waals surface area contributed by atoms with Crippen molar-refractivity contribution in [3.05, 3.63) is 30.4 Å². The molecule has 23 heavy (non-hydrogen) atoms. The Bertz CT molecular complexity index is 679. The number of amides is 2. The van der Waals surface area contributed by atoms with Gasteiger partial charge in [-0.25, -0.2) is 19.8 Å². The molecule has 1 fully saturated rings. The largest absolute Gasteiger partial charge is 0.343 e. The highest BCUT2D eigenvalue weighted by atomic mass is 16.5. The lowest BCUT2D eigenvalue weighted by atomic mass is 9.92. The van der Waals surface area contributed by atoms with E-state index in [1.807, 2.05) is 25.8 Å². The molecule has 3 rings (SSSR count). The Labute approximate surface area is 134 Å². The van der Waals surface area contributed by atoms with Gasteiger partial charge in [0.25, 0.3) is 0 Å². The van der Waals surface area contributed by atoms with E-state index in [-0.39, 0.29) is 11.4 Å². The fourth-order valence-corrected chi connectivity index (χ4v) is 2.35. The summed E-state index contributed by atoms with van der Waals surface area (Å²) in [5.74, 6) is 1.04. The van der Waals surface area contributed by atoms with Gasteiger partial charge in [0.1, 0.15) is 6.33 Å². The van der Waals surface area contributed by atoms with Crippen molar-refractivity contribution in [1.29, 1.82) is 0 Å². The molecule has 1 aliphatic rings. The molecule has 2 amide bonds. The van der Waals surface area contributed by atoms with Gasteiger partial charge in [0.2, 0.25) is 5.88 Å². The molecular weight excluding hydrogens is 296 g/mol. The lowest BCUT2D eigenvalue weighted by molar-refractivity contribution is 0.217. The third-order valence-corrected chi connectivity index (χ3v) is 3.61. The monoisotopic (exact) mass is 316 g/mol. The van der Waals surface area contributed by atoms with E-state index < -0.39 is 0 Å². The Balaban J connectivity index is 1.71. The number of anilines is 2. The summed E-state index contributed by atoms with van der Waals surface area (Å²) in [5, 5.41) is 10.2. The van der Waals surface area contributed by atoms with Crippen LogP contribution in [0.4, 0.5) is 16.5 Å². The van der Waals surface area contributed by atoms with Crippen LogP contribution in [0.2, 0.25) is 0 Å². The van der Waals surface area contributed by atoms with E-state index in [2.05, 4.69) is 20.4 Å². The van der Waals surface area contributed by atoms with Crippen molar-refractivity contribution in [1.82, 2.24) is 20.1 Å². The third-order valence-electron chi connectivity index (χ3n) is 3.61. The first-order valence-electron chi connectivity index (χ1n) is 7.54. The molecule has 2 aromatic rings. The normalized spacial score (nSPS) is 15.1. The molecule has 1 saturated heterocycles. The molecular formula is C15H20N6O2. The van der Waals surface area contributed by atoms with E-state index in [1.54, 1.807) is 23.3 Å². The lowest BCUT2D eigenvalue weighted by Crippen LogP contribution is -2.44. The Morgan fingerprint density at radius 3 is 2.83 bits per heavy atom. The van der Waals surface area contributed by atoms with Crippen molar-refractivity contribution in [2.45, 2.75) is 32.6 Å². The summed E-state index contributed by atoms with van der Waals surface area (Å²) >= 11 is 0. The molecule has 3 heterocycles. The number of hydrazine groups is 1. The Hall–Kier alpha value is -2.64. The van der Waals surface area contributed by atoms with E-state index in [9.17, 15) is 4.79 Å². The second kappa shape index (κ2) is 5.86. The summed E-state index contributed by atoms with van der Waals surface area (Å²) in [6.45, 7) is 7.46. The van der Waals surface area contributed by atoms with Crippen LogP contribution in [0.5, 0.6) is 0 Å². The van der Waals surface area contributed by atoms with Gasteiger partial charge in [-0.3, -0.25) is 10.3 Å². The van der Waals surface area contributed by atoms with Crippen molar-refractivity contribution in [3.8, 4) is 0 Å². The highest BCUT2D eigenvalue weighted by molar-refractivity contribution is 5.89. The van der Waals surface area contributed by atoms with Crippen LogP contribution in [0.3, 0.4) is 0 Å². The van der Waals surface area contributed by atoms with Gasteiger partial charge in [-0.15, -0.1) is 0 Å². The van der Waals surface area contributed by atoms with E-state index in [4.69, 9.17) is 4.52 Å². The van der Waals surface area contributed by atoms with Crippen LogP contribution in [0, 0.1) is 0 Å². The molecule has 0 bridgehead atoms. The minimum absolute atomic E-state index is 0.132. The van der Waals surface area contributed by atoms with E-state index >= 15 is 0 Å². The topological polar surface area (TPSA) is 87.4 Å². The molecule has 0 aliphatic carbocycles. The second-order valence-corrected chi connectivity index (χ2v) is 6.42. The highest BCUT2D eigenvalue weighted by Gasteiger charge is 2.29. The first kappa shape index (κ1) is 15.3. The lowest BCUT2D eigenvalue weighted by Gasteiger charge is -2.28. The van der Waals surface area contributed by atoms with Gasteiger partial charge >= 0.3 is 6.03 Å². The molecule has 0 spiro atoms. The van der Waals surface area contributed by atoms with Crippen LogP contribution in [0.1, 0.15) is 32.9 Å². The zero-order valence-electron chi connectivity index (χ0n) is 13.5. The van der Waals surface area contributed by atoms with E-state index in [1.165, 1.54) is 6.33 Å². The molecule has 2 aromatic heterocycles. The number of carbonyl (C=O) groups excluding carboxylic acids is 1. The summed E-state index contributed by atoms with van der Waals surface area (Å²) < 4.78 is 5.21. The molecule has 0 saturated carbocycles. The first-order chi connectivity index (χ1) is 10.9. The molecule has 8 heteroatoms. The van der Waals surface area contributed by atoms with Gasteiger partial charge in [0.05, 0.1) is 5.69 Å². The zero-order valence-corrected chi connectivity index (χ0v) is 13.5. The van der Waals surface area contributed by atoms with Crippen molar-refractivity contribution < 1.29 is 9.32 Å². The molecule has 0 radical (unpaired) electrons. The van der Waals surface area contributed by atoms with Crippen LogP contribution in [0.25, 0.3) is 0 Å². The minimum Gasteiger partial charge on any atom is -0.338 e. The van der Waals surface area contributed by atoms with Gasteiger partial charge in [-0.1, -0.05) is 25.9 Å². The SMILES string of the molecule is CC(C)(C)c1cc(NC(=O)N2CCCN2c2ccncn2)on1. The van der Waals surface area contributed by atoms with Crippen LogP contribution in [-0.2, 0) is 5.41 Å². The van der Waals surface area contributed by atoms with Crippen LogP contribution < -0.4 is 10.3 Å². The Morgan fingerprint density at radius 2 is 2.17 bits per heavy atom. The number of urea groups is 1. The number of nitrogens with one attached hydrogen (secondary N) is 1. The fraction of sp³-hybridized carbons (Fsp3) is 0.467. The number of rotatable bonds is 2. The summed E-state index contributed by atoms with van der Waals surface area (Å²) in [4.78, 5) is 20.6. The molecule has 0 atom stereocenters. The van der Waals surface area contributed by atoms with Crippen LogP contribution >= 0.6 is 0 Å². The third kappa shape index (κ3) is 3.25. The van der Waals surface area contributed by atoms with Gasteiger partial charge in [-0.05, 0) is 6.42 Å². The molecule has 0 unspecified atom stereocenters. The maximum absolute atomic E-state index is 12.5. The average molecular weight is 316 g/mol. The maximum atomic E-state index is 12.5. The van der Waals surface area contributed by atoms with E-state index in [0.717, 1.165) is 18.7 Å². The smallest absolute Gasteiger partial charge is 0.338 e. The predicted octanol–water partition coefficient (Wildman–Crippen LogP) is 2.42. The standard InChI is InChI=1S/C15H20N6O2/c1-15(2,3)11-9-13(23-19-11)18-14(22)21-8-4-7-20(21)12-5-6-16-10-17-12/h5-6,9-10H,4,7-8H2,1-3H3,(H,18,22). The van der Waals surface area contributed by atoms with Gasteiger partial charge in [0.15, 0.2) is 5.82 Å². The summed E-state index contributed by atoms with van der Waals surface area (Å²) in [6.07, 6.45) is 4.00. The van der Waals surface area contributed by atoms with Crippen molar-refractivity contribution >= 4 is 17.7 Å². The van der Waals surface area contributed by atoms with Gasteiger partial charge < -0.3 is 4.52 Å². The second-order valence-electron chi connectivity index (χ2n) is 6.42. The number of aromatic nitrogens is 3. The number of carbonyl (C=O) groups is 1. The van der Waals surface area contributed by atoms with Gasteiger partial charge in [0, 0.05) is 36.8 Å². The average Bonchev–Trinajstić information content (AvgIpc) is 3.16. The van der Waals surface area contributed by atoms with Crippen molar-refractivity contribution in [2.75, 3.05) is 23.4 Å². The number of nitrogens with zero attached hydrogens (tertiary/aromatic N) is 5. The first-order valence-corrected chi connectivity index (χ1v) is 7.54. The quantitative estimate of drug-likeness (QED) is 0.915. The summed E-state index contributed by atoms with van der Waals surface area (Å²) in [6, 6.07) is 3.26. The summed E-state index contributed by atoms with van der Waals surface area (Å²) in [7, 11) is 0. The minimum atomic E-state index is -0.266. The molecule has 1 aliphatic heterocycles. The fourth-order valence-electron chi connectivity index (χ4n) is 2.35. The molecule has 0 aromatic carbocycles. The van der Waals surface area contributed by atoms with Crippen LogP contribution in [0.15, 0.2) is 29.2 Å².